The van der Waals surface area contributed by atoms with Crippen LogP contribution in [0, 0.1) is 0 Å². The summed E-state index contributed by atoms with van der Waals surface area (Å²) in [7, 11) is 0. The number of hydrogen-bond acceptors (Lipinski definition) is 4. The monoisotopic (exact) mass is 250 g/mol. The summed E-state index contributed by atoms with van der Waals surface area (Å²) in [6, 6.07) is 13.8. The minimum absolute atomic E-state index is 0.638. The van der Waals surface area contributed by atoms with Gasteiger partial charge in [-0.2, -0.15) is 0 Å². The number of rotatable bonds is 3. The number of nitrogens with one attached hydrogen (secondary N) is 1. The number of hydrogen-bond donors (Lipinski definition) is 2. The molecule has 0 aliphatic heterocycles. The molecule has 94 valence electrons. The van der Waals surface area contributed by atoms with Gasteiger partial charge in [-0.15, -0.1) is 0 Å². The van der Waals surface area contributed by atoms with Gasteiger partial charge in [0.05, 0.1) is 35.3 Å². The summed E-state index contributed by atoms with van der Waals surface area (Å²) >= 11 is 0. The zero-order chi connectivity index (χ0) is 13.1. The van der Waals surface area contributed by atoms with Gasteiger partial charge in [0.15, 0.2) is 0 Å². The minimum Gasteiger partial charge on any atom is -0.396 e. The lowest BCUT2D eigenvalue weighted by Crippen LogP contribution is -2.05. The molecule has 3 N–H and O–H groups in total. The smallest absolute Gasteiger partial charge is 0.0743 e. The van der Waals surface area contributed by atoms with Crippen molar-refractivity contribution in [3.8, 4) is 0 Å². The highest BCUT2D eigenvalue weighted by atomic mass is 14.9. The van der Waals surface area contributed by atoms with E-state index in [0.717, 1.165) is 22.3 Å². The van der Waals surface area contributed by atoms with Crippen molar-refractivity contribution < 1.29 is 0 Å². The van der Waals surface area contributed by atoms with Gasteiger partial charge in [0.1, 0.15) is 0 Å². The highest BCUT2D eigenvalue weighted by Crippen LogP contribution is 2.27. The topological polar surface area (TPSA) is 63.8 Å². The standard InChI is InChI=1S/C15H14N4/c16-13-10-18-14-7-2-1-6-12(14)15(13)19-9-11-5-3-4-8-17-11/h1-8,10H,9,16H2,(H,18,19). The number of nitrogens with zero attached hydrogens (tertiary/aromatic N) is 2. The van der Waals surface area contributed by atoms with Crippen LogP contribution < -0.4 is 11.1 Å². The molecule has 0 unspecified atom stereocenters. The average molecular weight is 250 g/mol. The van der Waals surface area contributed by atoms with E-state index < -0.39 is 0 Å². The van der Waals surface area contributed by atoms with E-state index in [1.54, 1.807) is 12.4 Å². The molecular weight excluding hydrogens is 236 g/mol. The third-order valence-corrected chi connectivity index (χ3v) is 2.98. The number of pyridine rings is 2. The molecule has 0 saturated heterocycles. The van der Waals surface area contributed by atoms with Crippen molar-refractivity contribution in [2.45, 2.75) is 6.54 Å². The van der Waals surface area contributed by atoms with E-state index in [1.807, 2.05) is 42.5 Å². The lowest BCUT2D eigenvalue weighted by atomic mass is 10.1. The van der Waals surface area contributed by atoms with Crippen molar-refractivity contribution >= 4 is 22.3 Å². The molecule has 2 heterocycles. The van der Waals surface area contributed by atoms with Crippen molar-refractivity contribution in [1.82, 2.24) is 9.97 Å². The lowest BCUT2D eigenvalue weighted by molar-refractivity contribution is 1.05. The van der Waals surface area contributed by atoms with Crippen LogP contribution in [-0.2, 0) is 6.54 Å². The molecule has 0 bridgehead atoms. The predicted molar refractivity (Wildman–Crippen MR) is 77.7 cm³/mol. The van der Waals surface area contributed by atoms with Gasteiger partial charge in [0.25, 0.3) is 0 Å². The molecule has 0 aliphatic carbocycles. The second-order valence-electron chi connectivity index (χ2n) is 4.28. The Bertz CT molecular complexity index is 695. The highest BCUT2D eigenvalue weighted by Gasteiger charge is 2.05. The van der Waals surface area contributed by atoms with E-state index in [2.05, 4.69) is 15.3 Å². The summed E-state index contributed by atoms with van der Waals surface area (Å²) in [6.45, 7) is 0.638. The van der Waals surface area contributed by atoms with E-state index >= 15 is 0 Å². The van der Waals surface area contributed by atoms with E-state index in [-0.39, 0.29) is 0 Å². The number of anilines is 2. The van der Waals surface area contributed by atoms with Gasteiger partial charge in [-0.1, -0.05) is 24.3 Å². The van der Waals surface area contributed by atoms with E-state index in [9.17, 15) is 0 Å². The summed E-state index contributed by atoms with van der Waals surface area (Å²) in [5.74, 6) is 0. The van der Waals surface area contributed by atoms with Crippen LogP contribution in [-0.4, -0.2) is 9.97 Å². The van der Waals surface area contributed by atoms with Crippen LogP contribution in [0.2, 0.25) is 0 Å². The summed E-state index contributed by atoms with van der Waals surface area (Å²) in [5.41, 5.74) is 9.47. The maximum atomic E-state index is 6.01. The van der Waals surface area contributed by atoms with Crippen molar-refractivity contribution in [1.29, 1.82) is 0 Å². The zero-order valence-corrected chi connectivity index (χ0v) is 10.4. The normalized spacial score (nSPS) is 10.5. The molecule has 19 heavy (non-hydrogen) atoms. The first-order valence-corrected chi connectivity index (χ1v) is 6.11. The third-order valence-electron chi connectivity index (χ3n) is 2.98. The molecule has 0 fully saturated rings. The molecule has 3 aromatic rings. The molecule has 2 aromatic heterocycles. The maximum Gasteiger partial charge on any atom is 0.0743 e. The number of fused-ring (bicyclic) bond motifs is 1. The average Bonchev–Trinajstić information content (AvgIpc) is 2.47. The number of nitrogens with two attached hydrogens (primary N) is 1. The molecule has 0 aliphatic rings. The van der Waals surface area contributed by atoms with E-state index in [4.69, 9.17) is 5.73 Å². The van der Waals surface area contributed by atoms with Crippen LogP contribution in [0.25, 0.3) is 10.9 Å². The van der Waals surface area contributed by atoms with Gasteiger partial charge in [0.2, 0.25) is 0 Å². The van der Waals surface area contributed by atoms with Gasteiger partial charge >= 0.3 is 0 Å². The fourth-order valence-electron chi connectivity index (χ4n) is 2.04. The number of aromatic nitrogens is 2. The Morgan fingerprint density at radius 2 is 1.84 bits per heavy atom. The zero-order valence-electron chi connectivity index (χ0n) is 10.4. The van der Waals surface area contributed by atoms with Crippen molar-refractivity contribution in [3.63, 3.8) is 0 Å². The summed E-state index contributed by atoms with van der Waals surface area (Å²) < 4.78 is 0. The number of para-hydroxylation sites is 1. The van der Waals surface area contributed by atoms with Crippen LogP contribution >= 0.6 is 0 Å². The molecule has 0 spiro atoms. The van der Waals surface area contributed by atoms with Gasteiger partial charge < -0.3 is 11.1 Å². The predicted octanol–water partition coefficient (Wildman–Crippen LogP) is 2.82. The quantitative estimate of drug-likeness (QED) is 0.750. The SMILES string of the molecule is Nc1cnc2ccccc2c1NCc1ccccn1. The Kier molecular flexibility index (Phi) is 2.98. The number of benzene rings is 1. The fraction of sp³-hybridized carbons (Fsp3) is 0.0667. The van der Waals surface area contributed by atoms with Crippen LogP contribution in [0.4, 0.5) is 11.4 Å². The van der Waals surface area contributed by atoms with E-state index in [1.165, 1.54) is 0 Å². The maximum absolute atomic E-state index is 6.01. The van der Waals surface area contributed by atoms with Crippen molar-refractivity contribution in [2.75, 3.05) is 11.1 Å². The molecule has 4 heteroatoms. The largest absolute Gasteiger partial charge is 0.396 e. The Hall–Kier alpha value is -2.62. The highest BCUT2D eigenvalue weighted by molar-refractivity contribution is 5.96. The molecule has 1 aromatic carbocycles. The summed E-state index contributed by atoms with van der Waals surface area (Å²) in [4.78, 5) is 8.60. The first kappa shape index (κ1) is 11.5. The summed E-state index contributed by atoms with van der Waals surface area (Å²) in [6.07, 6.45) is 3.47. The number of nitrogen functional groups attached to an aromatic ring is 1. The Morgan fingerprint density at radius 1 is 1.00 bits per heavy atom. The Labute approximate surface area is 111 Å². The molecular formula is C15H14N4. The molecule has 0 saturated carbocycles. The first-order valence-electron chi connectivity index (χ1n) is 6.11. The van der Waals surface area contributed by atoms with Crippen LogP contribution in [0.1, 0.15) is 5.69 Å². The van der Waals surface area contributed by atoms with Crippen molar-refractivity contribution in [3.05, 3.63) is 60.6 Å². The first-order chi connectivity index (χ1) is 9.34. The fourth-order valence-corrected chi connectivity index (χ4v) is 2.04. The molecule has 4 nitrogen and oxygen atoms in total. The molecule has 0 atom stereocenters. The minimum atomic E-state index is 0.638. The second kappa shape index (κ2) is 4.94. The second-order valence-corrected chi connectivity index (χ2v) is 4.28. The lowest BCUT2D eigenvalue weighted by Gasteiger charge is -2.11. The van der Waals surface area contributed by atoms with Gasteiger partial charge in [-0.05, 0) is 18.2 Å². The van der Waals surface area contributed by atoms with E-state index in [0.29, 0.717) is 12.2 Å². The van der Waals surface area contributed by atoms with Crippen molar-refractivity contribution in [2.24, 2.45) is 0 Å². The van der Waals surface area contributed by atoms with Gasteiger partial charge in [-0.25, -0.2) is 0 Å². The Morgan fingerprint density at radius 3 is 2.68 bits per heavy atom. The summed E-state index contributed by atoms with van der Waals surface area (Å²) in [5, 5.41) is 4.37. The van der Waals surface area contributed by atoms with Crippen LogP contribution in [0.5, 0.6) is 0 Å². The molecule has 3 rings (SSSR count). The van der Waals surface area contributed by atoms with Crippen LogP contribution in [0.15, 0.2) is 54.9 Å². The van der Waals surface area contributed by atoms with Crippen LogP contribution in [0.3, 0.4) is 0 Å². The molecule has 0 amide bonds. The van der Waals surface area contributed by atoms with Gasteiger partial charge in [-0.3, -0.25) is 9.97 Å². The third kappa shape index (κ3) is 2.33. The molecule has 0 radical (unpaired) electrons. The Balaban J connectivity index is 1.94. The van der Waals surface area contributed by atoms with Gasteiger partial charge in [0, 0.05) is 11.6 Å².